The minimum atomic E-state index is 0.369. The second kappa shape index (κ2) is 12.8. The van der Waals surface area contributed by atoms with Crippen LogP contribution in [0.15, 0.2) is 0 Å². The number of rotatable bonds is 15. The summed E-state index contributed by atoms with van der Waals surface area (Å²) in [6, 6.07) is 0. The predicted molar refractivity (Wildman–Crippen MR) is 135 cm³/mol. The minimum absolute atomic E-state index is 0.369. The molecule has 0 heterocycles. The van der Waals surface area contributed by atoms with Crippen molar-refractivity contribution in [2.24, 2.45) is 34.0 Å². The van der Waals surface area contributed by atoms with Crippen molar-refractivity contribution in [3.63, 3.8) is 0 Å². The molecule has 0 saturated carbocycles. The monoisotopic (exact) mass is 407 g/mol. The molecule has 0 bridgehead atoms. The molecule has 175 valence electrons. The number of hydrogen-bond acceptors (Lipinski definition) is 0. The molecule has 0 aliphatic rings. The van der Waals surface area contributed by atoms with Crippen molar-refractivity contribution < 1.29 is 0 Å². The van der Waals surface area contributed by atoms with E-state index in [0.717, 1.165) is 17.8 Å². The van der Waals surface area contributed by atoms with Crippen LogP contribution in [0, 0.1) is 39.9 Å². The zero-order valence-electron chi connectivity index (χ0n) is 22.8. The van der Waals surface area contributed by atoms with Gasteiger partial charge in [-0.3, -0.25) is 0 Å². The minimum Gasteiger partial charge on any atom is -0.0654 e. The Kier molecular flexibility index (Phi) is 12.8. The summed E-state index contributed by atoms with van der Waals surface area (Å²) in [5.74, 6) is 4.36. The third-order valence-electron chi connectivity index (χ3n) is 7.20. The largest absolute Gasteiger partial charge is 0.0654 e. The van der Waals surface area contributed by atoms with Crippen molar-refractivity contribution in [3.8, 4) is 0 Å². The summed E-state index contributed by atoms with van der Waals surface area (Å²) in [7, 11) is 0. The Labute approximate surface area is 187 Å². The van der Waals surface area contributed by atoms with Crippen molar-refractivity contribution in [1.29, 1.82) is 0 Å². The lowest BCUT2D eigenvalue weighted by Crippen LogP contribution is -2.39. The molecule has 0 heteroatoms. The van der Waals surface area contributed by atoms with Crippen LogP contribution in [0.1, 0.15) is 147 Å². The highest BCUT2D eigenvalue weighted by atomic mass is 14.5. The van der Waals surface area contributed by atoms with E-state index in [0.29, 0.717) is 16.2 Å². The molecule has 29 heavy (non-hydrogen) atoms. The molecule has 3 atom stereocenters. The van der Waals surface area contributed by atoms with Gasteiger partial charge in [-0.05, 0) is 72.0 Å². The second-order valence-corrected chi connectivity index (χ2v) is 13.1. The van der Waals surface area contributed by atoms with E-state index in [4.69, 9.17) is 0 Å². The van der Waals surface area contributed by atoms with Crippen LogP contribution in [-0.2, 0) is 0 Å². The molecule has 1 radical (unpaired) electrons. The first kappa shape index (κ1) is 29.0. The van der Waals surface area contributed by atoms with Gasteiger partial charge in [-0.1, -0.05) is 115 Å². The molecular weight excluding hydrogens is 348 g/mol. The first-order valence-electron chi connectivity index (χ1n) is 13.1. The van der Waals surface area contributed by atoms with E-state index in [-0.39, 0.29) is 0 Å². The van der Waals surface area contributed by atoms with Gasteiger partial charge in [-0.25, -0.2) is 0 Å². The maximum Gasteiger partial charge on any atom is -0.0176 e. The quantitative estimate of drug-likeness (QED) is 0.253. The van der Waals surface area contributed by atoms with E-state index in [1.54, 1.807) is 0 Å². The Hall–Kier alpha value is 0. The fourth-order valence-corrected chi connectivity index (χ4v) is 5.66. The molecule has 0 spiro atoms. The van der Waals surface area contributed by atoms with Gasteiger partial charge in [-0.15, -0.1) is 0 Å². The summed E-state index contributed by atoms with van der Waals surface area (Å²) in [4.78, 5) is 0. The molecule has 0 aromatic rings. The first-order chi connectivity index (χ1) is 13.2. The van der Waals surface area contributed by atoms with Crippen molar-refractivity contribution in [1.82, 2.24) is 0 Å². The Bertz CT molecular complexity index is 410. The average molecular weight is 408 g/mol. The third kappa shape index (κ3) is 11.8. The Morgan fingerprint density at radius 1 is 0.759 bits per heavy atom. The third-order valence-corrected chi connectivity index (χ3v) is 7.20. The van der Waals surface area contributed by atoms with E-state index in [2.05, 4.69) is 83.1 Å². The van der Waals surface area contributed by atoms with Gasteiger partial charge in [0.1, 0.15) is 0 Å². The van der Waals surface area contributed by atoms with Crippen molar-refractivity contribution in [2.75, 3.05) is 0 Å². The molecule has 0 aliphatic heterocycles. The van der Waals surface area contributed by atoms with Gasteiger partial charge in [0.2, 0.25) is 0 Å². The van der Waals surface area contributed by atoms with Crippen molar-refractivity contribution >= 4 is 0 Å². The molecule has 0 aromatic heterocycles. The van der Waals surface area contributed by atoms with Gasteiger partial charge in [-0.2, -0.15) is 0 Å². The molecular formula is C29H59. The van der Waals surface area contributed by atoms with E-state index >= 15 is 0 Å². The van der Waals surface area contributed by atoms with Gasteiger partial charge in [0.15, 0.2) is 0 Å². The smallest absolute Gasteiger partial charge is 0.0176 e. The van der Waals surface area contributed by atoms with Gasteiger partial charge in [0.05, 0.1) is 0 Å². The summed E-state index contributed by atoms with van der Waals surface area (Å²) >= 11 is 0. The molecule has 0 fully saturated rings. The van der Waals surface area contributed by atoms with Crippen molar-refractivity contribution in [3.05, 3.63) is 5.92 Å². The zero-order chi connectivity index (χ0) is 22.9. The second-order valence-electron chi connectivity index (χ2n) is 13.1. The standard InChI is InChI=1S/C29H59/c1-13-16-25(7)19-26(18-17-24(6)14-2)29(20-23(4)5,21-27(8,9)10)22-28(11,12)15-3/h23-25H,13-22H2,1-12H3. The molecule has 0 N–H and O–H groups in total. The predicted octanol–water partition coefficient (Wildman–Crippen LogP) is 10.5. The SMILES string of the molecule is CCCC(C)C[C](CCC(C)CC)C(CC(C)C)(CC(C)(C)C)CC(C)(C)CC. The van der Waals surface area contributed by atoms with Crippen LogP contribution < -0.4 is 0 Å². The Morgan fingerprint density at radius 3 is 1.76 bits per heavy atom. The molecule has 3 unspecified atom stereocenters. The summed E-state index contributed by atoms with van der Waals surface area (Å²) in [5, 5.41) is 0. The van der Waals surface area contributed by atoms with E-state index < -0.39 is 0 Å². The van der Waals surface area contributed by atoms with E-state index in [1.807, 2.05) is 5.92 Å². The van der Waals surface area contributed by atoms with Crippen LogP contribution in [0.5, 0.6) is 0 Å². The van der Waals surface area contributed by atoms with Gasteiger partial charge in [0, 0.05) is 0 Å². The van der Waals surface area contributed by atoms with Gasteiger partial charge < -0.3 is 0 Å². The fraction of sp³-hybridized carbons (Fsp3) is 0.966. The maximum absolute atomic E-state index is 2.52. The topological polar surface area (TPSA) is 0 Å². The van der Waals surface area contributed by atoms with Crippen molar-refractivity contribution in [2.45, 2.75) is 147 Å². The molecule has 0 aromatic carbocycles. The van der Waals surface area contributed by atoms with E-state index in [1.165, 1.54) is 64.2 Å². The lowest BCUT2D eigenvalue weighted by molar-refractivity contribution is 0.0703. The molecule has 0 rings (SSSR count). The Balaban J connectivity index is 6.19. The summed E-state index contributed by atoms with van der Waals surface area (Å²) in [5.41, 5.74) is 1.17. The molecule has 0 saturated heterocycles. The van der Waals surface area contributed by atoms with Crippen LogP contribution >= 0.6 is 0 Å². The summed E-state index contributed by atoms with van der Waals surface area (Å²) in [6.07, 6.45) is 13.4. The molecule has 0 nitrogen and oxygen atoms in total. The van der Waals surface area contributed by atoms with Crippen LogP contribution in [0.25, 0.3) is 0 Å². The molecule has 0 aliphatic carbocycles. The zero-order valence-corrected chi connectivity index (χ0v) is 22.8. The lowest BCUT2D eigenvalue weighted by atomic mass is 9.54. The van der Waals surface area contributed by atoms with Crippen LogP contribution in [0.3, 0.4) is 0 Å². The summed E-state index contributed by atoms with van der Waals surface area (Å²) < 4.78 is 0. The van der Waals surface area contributed by atoms with Crippen LogP contribution in [0.2, 0.25) is 0 Å². The Morgan fingerprint density at radius 2 is 1.34 bits per heavy atom. The van der Waals surface area contributed by atoms with Crippen LogP contribution in [-0.4, -0.2) is 0 Å². The first-order valence-corrected chi connectivity index (χ1v) is 13.1. The lowest BCUT2D eigenvalue weighted by Gasteiger charge is -2.50. The highest BCUT2D eigenvalue weighted by molar-refractivity contribution is 5.11. The highest BCUT2D eigenvalue weighted by Gasteiger charge is 2.45. The van der Waals surface area contributed by atoms with E-state index in [9.17, 15) is 0 Å². The van der Waals surface area contributed by atoms with Gasteiger partial charge in [0.25, 0.3) is 0 Å². The van der Waals surface area contributed by atoms with Crippen LogP contribution in [0.4, 0.5) is 0 Å². The highest BCUT2D eigenvalue weighted by Crippen LogP contribution is 2.56. The summed E-state index contributed by atoms with van der Waals surface area (Å²) in [6.45, 7) is 29.5. The van der Waals surface area contributed by atoms with Gasteiger partial charge >= 0.3 is 0 Å². The average Bonchev–Trinajstić information content (AvgIpc) is 2.55. The number of hydrogen-bond donors (Lipinski definition) is 0. The molecule has 0 amide bonds. The maximum atomic E-state index is 2.52. The normalized spacial score (nSPS) is 17.6. The fourth-order valence-electron chi connectivity index (χ4n) is 5.66.